The van der Waals surface area contributed by atoms with Crippen molar-refractivity contribution in [1.82, 2.24) is 0 Å². The Bertz CT molecular complexity index is 1590. The number of aliphatic carboxylic acids is 1. The van der Waals surface area contributed by atoms with Crippen molar-refractivity contribution in [2.24, 2.45) is 0 Å². The highest BCUT2D eigenvalue weighted by atomic mass is 16.7. The molecule has 3 aromatic rings. The van der Waals surface area contributed by atoms with Crippen molar-refractivity contribution in [1.29, 1.82) is 0 Å². The van der Waals surface area contributed by atoms with Crippen LogP contribution in [-0.2, 0) is 19.1 Å². The number of aliphatic hydroxyl groups is 4. The molecule has 1 fully saturated rings. The Labute approximate surface area is 240 Å². The molecule has 1 saturated heterocycles. The maximum absolute atomic E-state index is 12.8. The number of phenols is 4. The minimum Gasteiger partial charge on any atom is -0.504 e. The van der Waals surface area contributed by atoms with Crippen LogP contribution in [0.4, 0.5) is 0 Å². The van der Waals surface area contributed by atoms with Gasteiger partial charge in [0.1, 0.15) is 28.9 Å². The standard InChI is InChI=1S/C27H28O16/c1-27(39,7-18(32)33)8-19(34)43-25-22(36)17(9-28)42-26(24(25)38)41-16-6-15-20(23(37)21(16)35)13(31)5-14(40-15)10-2-3-11(29)12(30)4-10/h2-6,17,22,24-26,28-30,35-39H,7-9H2,1H3,(H,32,33)/t17-,22+,24+,25-,26+,27-/m0/s1. The summed E-state index contributed by atoms with van der Waals surface area (Å²) < 4.78 is 21.6. The highest BCUT2D eigenvalue weighted by molar-refractivity contribution is 5.89. The highest BCUT2D eigenvalue weighted by Crippen LogP contribution is 2.43. The molecule has 2 heterocycles. The minimum atomic E-state index is -2.04. The first kappa shape index (κ1) is 31.3. The van der Waals surface area contributed by atoms with E-state index >= 15 is 0 Å². The molecule has 0 aliphatic carbocycles. The van der Waals surface area contributed by atoms with Gasteiger partial charge in [0.2, 0.25) is 12.0 Å². The van der Waals surface area contributed by atoms with E-state index < -0.39 is 107 Å². The summed E-state index contributed by atoms with van der Waals surface area (Å²) in [5.74, 6) is -6.27. The van der Waals surface area contributed by atoms with Crippen molar-refractivity contribution in [2.45, 2.75) is 56.1 Å². The monoisotopic (exact) mass is 608 g/mol. The molecule has 9 N–H and O–H groups in total. The number of hydrogen-bond donors (Lipinski definition) is 9. The van der Waals surface area contributed by atoms with Gasteiger partial charge < -0.3 is 64.6 Å². The van der Waals surface area contributed by atoms with Crippen LogP contribution in [0, 0.1) is 0 Å². The number of carbonyl (C=O) groups excluding carboxylic acids is 1. The van der Waals surface area contributed by atoms with E-state index in [-0.39, 0.29) is 16.9 Å². The maximum atomic E-state index is 12.8. The Morgan fingerprint density at radius 2 is 1.67 bits per heavy atom. The fourth-order valence-electron chi connectivity index (χ4n) is 4.49. The molecule has 4 rings (SSSR count). The van der Waals surface area contributed by atoms with Crippen LogP contribution >= 0.6 is 0 Å². The van der Waals surface area contributed by atoms with Crippen LogP contribution in [0.25, 0.3) is 22.3 Å². The molecular formula is C27H28O16. The van der Waals surface area contributed by atoms with Crippen molar-refractivity contribution in [3.63, 3.8) is 0 Å². The van der Waals surface area contributed by atoms with Gasteiger partial charge in [-0.25, -0.2) is 0 Å². The summed E-state index contributed by atoms with van der Waals surface area (Å²) in [6, 6.07) is 5.48. The summed E-state index contributed by atoms with van der Waals surface area (Å²) >= 11 is 0. The van der Waals surface area contributed by atoms with Crippen LogP contribution in [0.15, 0.2) is 39.5 Å². The Hall–Kier alpha value is -4.61. The third-order valence-electron chi connectivity index (χ3n) is 6.58. The molecule has 1 aliphatic rings. The first-order valence-corrected chi connectivity index (χ1v) is 12.6. The van der Waals surface area contributed by atoms with Gasteiger partial charge in [0.05, 0.1) is 25.0 Å². The molecular weight excluding hydrogens is 580 g/mol. The van der Waals surface area contributed by atoms with E-state index in [0.29, 0.717) is 0 Å². The van der Waals surface area contributed by atoms with Crippen LogP contribution in [-0.4, -0.2) is 101 Å². The summed E-state index contributed by atoms with van der Waals surface area (Å²) in [5, 5.41) is 90.1. The molecule has 1 aliphatic heterocycles. The minimum absolute atomic E-state index is 0.119. The zero-order valence-electron chi connectivity index (χ0n) is 22.3. The molecule has 0 amide bonds. The molecule has 43 heavy (non-hydrogen) atoms. The van der Waals surface area contributed by atoms with Gasteiger partial charge in [-0.15, -0.1) is 0 Å². The number of carbonyl (C=O) groups is 2. The van der Waals surface area contributed by atoms with Gasteiger partial charge >= 0.3 is 11.9 Å². The number of ether oxygens (including phenoxy) is 3. The predicted molar refractivity (Wildman–Crippen MR) is 140 cm³/mol. The fourth-order valence-corrected chi connectivity index (χ4v) is 4.49. The normalized spacial score (nSPS) is 23.4. The zero-order valence-corrected chi connectivity index (χ0v) is 22.3. The first-order valence-electron chi connectivity index (χ1n) is 12.6. The second-order valence-electron chi connectivity index (χ2n) is 10.1. The highest BCUT2D eigenvalue weighted by Gasteiger charge is 2.48. The smallest absolute Gasteiger partial charge is 0.309 e. The molecule has 0 unspecified atom stereocenters. The summed E-state index contributed by atoms with van der Waals surface area (Å²) in [4.78, 5) is 36.1. The Morgan fingerprint density at radius 3 is 2.30 bits per heavy atom. The topological polar surface area (TPSA) is 274 Å². The van der Waals surface area contributed by atoms with E-state index in [1.54, 1.807) is 0 Å². The number of hydrogen-bond acceptors (Lipinski definition) is 15. The number of aromatic hydroxyl groups is 4. The number of fused-ring (bicyclic) bond motifs is 1. The van der Waals surface area contributed by atoms with E-state index in [0.717, 1.165) is 31.2 Å². The van der Waals surface area contributed by atoms with Crippen molar-refractivity contribution < 1.29 is 74.2 Å². The average molecular weight is 609 g/mol. The summed E-state index contributed by atoms with van der Waals surface area (Å²) in [6.07, 6.45) is -10.7. The van der Waals surface area contributed by atoms with Crippen LogP contribution in [0.5, 0.6) is 28.7 Å². The van der Waals surface area contributed by atoms with Crippen molar-refractivity contribution in [3.8, 4) is 40.1 Å². The number of carboxylic acid groups (broad SMARTS) is 1. The van der Waals surface area contributed by atoms with Gasteiger partial charge in [0, 0.05) is 17.7 Å². The molecule has 0 bridgehead atoms. The van der Waals surface area contributed by atoms with Crippen LogP contribution in [0.3, 0.4) is 0 Å². The van der Waals surface area contributed by atoms with Gasteiger partial charge in [0.15, 0.2) is 40.6 Å². The quantitative estimate of drug-likeness (QED) is 0.111. The van der Waals surface area contributed by atoms with Crippen molar-refractivity contribution in [3.05, 3.63) is 40.6 Å². The lowest BCUT2D eigenvalue weighted by Crippen LogP contribution is -2.61. The molecule has 16 nitrogen and oxygen atoms in total. The van der Waals surface area contributed by atoms with Crippen molar-refractivity contribution in [2.75, 3.05) is 6.61 Å². The molecule has 16 heteroatoms. The van der Waals surface area contributed by atoms with Gasteiger partial charge in [-0.05, 0) is 25.1 Å². The number of benzene rings is 2. The predicted octanol–water partition coefficient (Wildman–Crippen LogP) is -0.372. The van der Waals surface area contributed by atoms with Gasteiger partial charge in [-0.2, -0.15) is 0 Å². The van der Waals surface area contributed by atoms with Gasteiger partial charge in [-0.3, -0.25) is 14.4 Å². The van der Waals surface area contributed by atoms with Crippen LogP contribution in [0.1, 0.15) is 19.8 Å². The SMILES string of the molecule is C[C@](O)(CC(=O)O)CC(=O)O[C@@H]1[C@@H](O)[C@H](Oc2cc3oc(-c4ccc(O)c(O)c4)cc(=O)c3c(O)c2O)O[C@@H](CO)[C@H]1O. The van der Waals surface area contributed by atoms with E-state index in [4.69, 9.17) is 23.7 Å². The van der Waals surface area contributed by atoms with Crippen LogP contribution in [0.2, 0.25) is 0 Å². The Kier molecular flexibility index (Phi) is 8.70. The molecule has 232 valence electrons. The second kappa shape index (κ2) is 11.9. The number of carboxylic acids is 1. The number of phenolic OH excluding ortho intramolecular Hbond substituents is 4. The molecule has 2 aromatic carbocycles. The lowest BCUT2D eigenvalue weighted by atomic mass is 9.97. The van der Waals surface area contributed by atoms with E-state index in [9.17, 15) is 55.2 Å². The number of esters is 1. The maximum Gasteiger partial charge on any atom is 0.309 e. The Balaban J connectivity index is 1.65. The largest absolute Gasteiger partial charge is 0.504 e. The summed E-state index contributed by atoms with van der Waals surface area (Å²) in [6.45, 7) is 0.190. The van der Waals surface area contributed by atoms with E-state index in [1.165, 1.54) is 6.07 Å². The van der Waals surface area contributed by atoms with Gasteiger partial charge in [-0.1, -0.05) is 0 Å². The zero-order chi connectivity index (χ0) is 31.8. The Morgan fingerprint density at radius 1 is 0.977 bits per heavy atom. The molecule has 6 atom stereocenters. The van der Waals surface area contributed by atoms with Crippen molar-refractivity contribution >= 4 is 22.9 Å². The molecule has 0 radical (unpaired) electrons. The number of rotatable bonds is 9. The third-order valence-corrected chi connectivity index (χ3v) is 6.58. The molecule has 1 aromatic heterocycles. The van der Waals surface area contributed by atoms with Crippen LogP contribution < -0.4 is 10.2 Å². The number of aliphatic hydroxyl groups excluding tert-OH is 3. The third kappa shape index (κ3) is 6.58. The lowest BCUT2D eigenvalue weighted by Gasteiger charge is -2.41. The lowest BCUT2D eigenvalue weighted by molar-refractivity contribution is -0.282. The van der Waals surface area contributed by atoms with Gasteiger partial charge in [0.25, 0.3) is 0 Å². The fraction of sp³-hybridized carbons (Fsp3) is 0.370. The summed E-state index contributed by atoms with van der Waals surface area (Å²) in [5.41, 5.74) is -3.03. The summed E-state index contributed by atoms with van der Waals surface area (Å²) in [7, 11) is 0. The molecule has 0 saturated carbocycles. The average Bonchev–Trinajstić information content (AvgIpc) is 2.91. The first-order chi connectivity index (χ1) is 20.1. The second-order valence-corrected chi connectivity index (χ2v) is 10.1. The van der Waals surface area contributed by atoms with E-state index in [1.807, 2.05) is 0 Å². The van der Waals surface area contributed by atoms with E-state index in [2.05, 4.69) is 0 Å². The molecule has 0 spiro atoms.